The van der Waals surface area contributed by atoms with E-state index in [9.17, 15) is 9.59 Å². The minimum Gasteiger partial charge on any atom is -0.442 e. The molecule has 2 aromatic heterocycles. The summed E-state index contributed by atoms with van der Waals surface area (Å²) in [6.07, 6.45) is 1.94. The second kappa shape index (κ2) is 7.63. The second-order valence-electron chi connectivity index (χ2n) is 6.38. The third-order valence-corrected chi connectivity index (χ3v) is 4.37. The molecule has 0 radical (unpaired) electrons. The third-order valence-electron chi connectivity index (χ3n) is 4.37. The molecule has 27 heavy (non-hydrogen) atoms. The predicted octanol–water partition coefficient (Wildman–Crippen LogP) is 2.41. The molecular weight excluding hydrogens is 346 g/mol. The molecule has 0 aliphatic rings. The van der Waals surface area contributed by atoms with E-state index in [0.717, 1.165) is 18.4 Å². The van der Waals surface area contributed by atoms with Crippen LogP contribution >= 0.6 is 0 Å². The van der Waals surface area contributed by atoms with Crippen LogP contribution in [0.3, 0.4) is 0 Å². The van der Waals surface area contributed by atoms with Gasteiger partial charge >= 0.3 is 0 Å². The van der Waals surface area contributed by atoms with Crippen LogP contribution in [0.4, 0.5) is 5.95 Å². The van der Waals surface area contributed by atoms with Crippen molar-refractivity contribution in [3.05, 3.63) is 51.5 Å². The van der Waals surface area contributed by atoms with Gasteiger partial charge in [0.15, 0.2) is 0 Å². The maximum Gasteiger partial charge on any atom is 0.271 e. The molecule has 0 saturated heterocycles. The van der Waals surface area contributed by atoms with E-state index in [-0.39, 0.29) is 16.7 Å². The lowest BCUT2D eigenvalue weighted by molar-refractivity contribution is 0.0953. The van der Waals surface area contributed by atoms with Crippen molar-refractivity contribution in [3.63, 3.8) is 0 Å². The number of hydrogen-bond acceptors (Lipinski definition) is 6. The number of aromatic nitrogens is 2. The number of rotatable bonds is 6. The molecule has 0 atom stereocenters. The molecule has 0 unspecified atom stereocenters. The van der Waals surface area contributed by atoms with E-state index in [1.807, 2.05) is 31.2 Å². The molecule has 8 nitrogen and oxygen atoms in total. The molecule has 1 aromatic carbocycles. The number of hydrogen-bond donors (Lipinski definition) is 3. The summed E-state index contributed by atoms with van der Waals surface area (Å²) in [4.78, 5) is 30.0. The van der Waals surface area contributed by atoms with Gasteiger partial charge in [-0.15, -0.1) is 0 Å². The quantitative estimate of drug-likeness (QED) is 0.266. The Morgan fingerprint density at radius 1 is 1.26 bits per heavy atom. The van der Waals surface area contributed by atoms with E-state index in [1.54, 1.807) is 6.92 Å². The van der Waals surface area contributed by atoms with Gasteiger partial charge in [-0.25, -0.2) is 10.4 Å². The molecule has 0 saturated carbocycles. The number of carbonyl (C=O) groups is 1. The van der Waals surface area contributed by atoms with Crippen molar-refractivity contribution >= 4 is 23.0 Å². The minimum absolute atomic E-state index is 0.103. The Morgan fingerprint density at radius 3 is 2.59 bits per heavy atom. The van der Waals surface area contributed by atoms with Gasteiger partial charge in [-0.3, -0.25) is 15.0 Å². The largest absolute Gasteiger partial charge is 0.442 e. The van der Waals surface area contributed by atoms with Crippen LogP contribution in [0.5, 0.6) is 0 Å². The Morgan fingerprint density at radius 2 is 1.96 bits per heavy atom. The van der Waals surface area contributed by atoms with Crippen LogP contribution in [0.15, 0.2) is 33.5 Å². The van der Waals surface area contributed by atoms with E-state index in [4.69, 9.17) is 10.3 Å². The van der Waals surface area contributed by atoms with Crippen LogP contribution in [-0.2, 0) is 0 Å². The zero-order chi connectivity index (χ0) is 19.6. The molecule has 142 valence electrons. The summed E-state index contributed by atoms with van der Waals surface area (Å²) in [5.74, 6) is 5.34. The number of nitrogens with one attached hydrogen (secondary N) is 2. The number of unbranched alkanes of at least 4 members (excludes halogenated alkanes) is 1. The van der Waals surface area contributed by atoms with E-state index < -0.39 is 11.5 Å². The summed E-state index contributed by atoms with van der Waals surface area (Å²) in [6.45, 7) is 6.32. The van der Waals surface area contributed by atoms with Crippen LogP contribution in [-0.4, -0.2) is 22.0 Å². The summed E-state index contributed by atoms with van der Waals surface area (Å²) in [5.41, 5.74) is 3.61. The van der Waals surface area contributed by atoms with Gasteiger partial charge in [0, 0.05) is 6.54 Å². The number of nitrogens with two attached hydrogens (primary N) is 1. The van der Waals surface area contributed by atoms with Gasteiger partial charge in [-0.2, -0.15) is 4.98 Å². The fraction of sp³-hybridized carbons (Fsp3) is 0.316. The molecule has 0 aliphatic carbocycles. The van der Waals surface area contributed by atoms with Crippen molar-refractivity contribution in [2.75, 3.05) is 11.9 Å². The highest BCUT2D eigenvalue weighted by atomic mass is 16.3. The SMILES string of the molecule is CCCCNc1nc2oc(C)c(C(=O)NN)c2c(=O)n1-c1ccc(C)cc1. The number of furan rings is 1. The van der Waals surface area contributed by atoms with Crippen molar-refractivity contribution in [1.29, 1.82) is 0 Å². The maximum absolute atomic E-state index is 13.3. The first-order valence-corrected chi connectivity index (χ1v) is 8.86. The normalized spacial score (nSPS) is 11.0. The first-order valence-electron chi connectivity index (χ1n) is 8.86. The molecular formula is C19H23N5O3. The van der Waals surface area contributed by atoms with E-state index in [0.29, 0.717) is 23.9 Å². The van der Waals surface area contributed by atoms with Gasteiger partial charge in [0.2, 0.25) is 11.7 Å². The topological polar surface area (TPSA) is 115 Å². The molecule has 3 rings (SSSR count). The first-order chi connectivity index (χ1) is 13.0. The number of nitrogens with zero attached hydrogens (tertiary/aromatic N) is 2. The Bertz CT molecular complexity index is 1030. The fourth-order valence-electron chi connectivity index (χ4n) is 2.94. The monoisotopic (exact) mass is 369 g/mol. The van der Waals surface area contributed by atoms with Crippen molar-refractivity contribution in [2.24, 2.45) is 5.84 Å². The Kier molecular flexibility index (Phi) is 5.27. The Hall–Kier alpha value is -3.13. The smallest absolute Gasteiger partial charge is 0.271 e. The lowest BCUT2D eigenvalue weighted by atomic mass is 10.1. The molecule has 8 heteroatoms. The van der Waals surface area contributed by atoms with Gasteiger partial charge in [0.25, 0.3) is 11.5 Å². The van der Waals surface area contributed by atoms with Crippen LogP contribution in [0.2, 0.25) is 0 Å². The minimum atomic E-state index is -0.590. The van der Waals surface area contributed by atoms with Crippen molar-refractivity contribution < 1.29 is 9.21 Å². The number of hydrazine groups is 1. The summed E-state index contributed by atoms with van der Waals surface area (Å²) < 4.78 is 7.04. The number of carbonyl (C=O) groups excluding carboxylic acids is 1. The average molecular weight is 369 g/mol. The van der Waals surface area contributed by atoms with E-state index >= 15 is 0 Å². The number of nitrogen functional groups attached to an aromatic ring is 1. The lowest BCUT2D eigenvalue weighted by Gasteiger charge is -2.14. The van der Waals surface area contributed by atoms with E-state index in [2.05, 4.69) is 22.7 Å². The summed E-state index contributed by atoms with van der Waals surface area (Å²) in [5, 5.41) is 3.31. The number of amides is 1. The van der Waals surface area contributed by atoms with Gasteiger partial charge in [-0.05, 0) is 32.4 Å². The molecule has 1 amide bonds. The Balaban J connectivity index is 2.29. The summed E-state index contributed by atoms with van der Waals surface area (Å²) >= 11 is 0. The van der Waals surface area contributed by atoms with Crippen molar-refractivity contribution in [3.8, 4) is 5.69 Å². The summed E-state index contributed by atoms with van der Waals surface area (Å²) in [7, 11) is 0. The highest BCUT2D eigenvalue weighted by Crippen LogP contribution is 2.24. The zero-order valence-corrected chi connectivity index (χ0v) is 15.6. The number of fused-ring (bicyclic) bond motifs is 1. The molecule has 4 N–H and O–H groups in total. The van der Waals surface area contributed by atoms with Gasteiger partial charge in [0.05, 0.1) is 11.3 Å². The summed E-state index contributed by atoms with van der Waals surface area (Å²) in [6, 6.07) is 7.50. The molecule has 0 aliphatic heterocycles. The van der Waals surface area contributed by atoms with Gasteiger partial charge in [-0.1, -0.05) is 31.0 Å². The van der Waals surface area contributed by atoms with Crippen LogP contribution in [0.1, 0.15) is 41.4 Å². The predicted molar refractivity (Wildman–Crippen MR) is 104 cm³/mol. The van der Waals surface area contributed by atoms with Gasteiger partial charge in [0.1, 0.15) is 11.1 Å². The average Bonchev–Trinajstić information content (AvgIpc) is 2.99. The number of benzene rings is 1. The van der Waals surface area contributed by atoms with Crippen molar-refractivity contribution in [1.82, 2.24) is 15.0 Å². The van der Waals surface area contributed by atoms with Crippen LogP contribution < -0.4 is 22.1 Å². The van der Waals surface area contributed by atoms with Crippen LogP contribution in [0, 0.1) is 13.8 Å². The van der Waals surface area contributed by atoms with Gasteiger partial charge < -0.3 is 9.73 Å². The maximum atomic E-state index is 13.3. The standard InChI is InChI=1S/C19H23N5O3/c1-4-5-10-21-19-22-17-15(14(12(3)27-17)16(25)23-20)18(26)24(19)13-8-6-11(2)7-9-13/h6-9H,4-5,10,20H2,1-3H3,(H,21,22)(H,23,25). The second-order valence-corrected chi connectivity index (χ2v) is 6.38. The number of aryl methyl sites for hydroxylation is 2. The first kappa shape index (κ1) is 18.7. The van der Waals surface area contributed by atoms with Crippen LogP contribution in [0.25, 0.3) is 16.8 Å². The Labute approximate surface area is 156 Å². The number of anilines is 1. The fourth-order valence-corrected chi connectivity index (χ4v) is 2.94. The molecule has 0 spiro atoms. The highest BCUT2D eigenvalue weighted by Gasteiger charge is 2.24. The highest BCUT2D eigenvalue weighted by molar-refractivity contribution is 6.06. The molecule has 2 heterocycles. The van der Waals surface area contributed by atoms with Crippen molar-refractivity contribution in [2.45, 2.75) is 33.6 Å². The van der Waals surface area contributed by atoms with E-state index in [1.165, 1.54) is 4.57 Å². The lowest BCUT2D eigenvalue weighted by Crippen LogP contribution is -2.32. The molecule has 3 aromatic rings. The zero-order valence-electron chi connectivity index (χ0n) is 15.6. The molecule has 0 bridgehead atoms. The molecule has 0 fully saturated rings. The third kappa shape index (κ3) is 3.43.